The zero-order valence-corrected chi connectivity index (χ0v) is 46.9. The van der Waals surface area contributed by atoms with E-state index in [2.05, 4.69) is 41.5 Å². The van der Waals surface area contributed by atoms with Crippen molar-refractivity contribution in [3.05, 3.63) is 0 Å². The van der Waals surface area contributed by atoms with E-state index in [4.69, 9.17) is 14.2 Å². The molecule has 0 spiro atoms. The van der Waals surface area contributed by atoms with Gasteiger partial charge >= 0.3 is 17.9 Å². The molecule has 0 fully saturated rings. The Morgan fingerprint density at radius 1 is 0.294 bits per heavy atom. The van der Waals surface area contributed by atoms with Crippen molar-refractivity contribution in [1.82, 2.24) is 0 Å². The van der Waals surface area contributed by atoms with Gasteiger partial charge in [0.2, 0.25) is 0 Å². The van der Waals surface area contributed by atoms with Crippen LogP contribution in [0.5, 0.6) is 0 Å². The lowest BCUT2D eigenvalue weighted by Crippen LogP contribution is -2.30. The van der Waals surface area contributed by atoms with Gasteiger partial charge in [-0.15, -0.1) is 0 Å². The van der Waals surface area contributed by atoms with E-state index < -0.39 is 6.10 Å². The Bertz CT molecular complexity index is 1060. The summed E-state index contributed by atoms with van der Waals surface area (Å²) in [6, 6.07) is 0. The Kier molecular flexibility index (Phi) is 52.0. The van der Waals surface area contributed by atoms with E-state index >= 15 is 0 Å². The highest BCUT2D eigenvalue weighted by molar-refractivity contribution is 5.71. The fraction of sp³-hybridized carbons (Fsp3) is 0.952. The topological polar surface area (TPSA) is 78.9 Å². The minimum Gasteiger partial charge on any atom is -0.462 e. The molecular formula is C62H120O6. The molecule has 6 nitrogen and oxygen atoms in total. The molecule has 0 aromatic carbocycles. The highest BCUT2D eigenvalue weighted by atomic mass is 16.6. The Labute approximate surface area is 425 Å². The number of rotatable bonds is 55. The molecule has 0 heterocycles. The first-order valence-corrected chi connectivity index (χ1v) is 30.7. The van der Waals surface area contributed by atoms with Crippen LogP contribution >= 0.6 is 0 Å². The summed E-state index contributed by atoms with van der Waals surface area (Å²) in [5.41, 5.74) is 0. The number of hydrogen-bond acceptors (Lipinski definition) is 6. The summed E-state index contributed by atoms with van der Waals surface area (Å²) >= 11 is 0. The average Bonchev–Trinajstić information content (AvgIpc) is 3.33. The normalized spacial score (nSPS) is 12.9. The minimum atomic E-state index is -0.764. The van der Waals surface area contributed by atoms with Gasteiger partial charge in [-0.2, -0.15) is 0 Å². The lowest BCUT2D eigenvalue weighted by Gasteiger charge is -2.18. The van der Waals surface area contributed by atoms with Gasteiger partial charge in [-0.05, 0) is 37.0 Å². The first-order chi connectivity index (χ1) is 33.2. The molecule has 3 atom stereocenters. The van der Waals surface area contributed by atoms with Gasteiger partial charge in [0.05, 0.1) is 0 Å². The van der Waals surface area contributed by atoms with Crippen molar-refractivity contribution in [3.63, 3.8) is 0 Å². The second-order valence-electron chi connectivity index (χ2n) is 22.3. The number of esters is 3. The van der Waals surface area contributed by atoms with Crippen molar-refractivity contribution in [2.45, 2.75) is 349 Å². The summed E-state index contributed by atoms with van der Waals surface area (Å²) in [6.07, 6.45) is 56.6. The van der Waals surface area contributed by atoms with Crippen LogP contribution in [0.2, 0.25) is 0 Å². The summed E-state index contributed by atoms with van der Waals surface area (Å²) in [4.78, 5) is 38.2. The maximum atomic E-state index is 12.9. The Morgan fingerprint density at radius 2 is 0.515 bits per heavy atom. The first-order valence-electron chi connectivity index (χ1n) is 30.7. The summed E-state index contributed by atoms with van der Waals surface area (Å²) < 4.78 is 16.9. The maximum Gasteiger partial charge on any atom is 0.306 e. The molecule has 0 amide bonds. The smallest absolute Gasteiger partial charge is 0.306 e. The van der Waals surface area contributed by atoms with Gasteiger partial charge in [0.1, 0.15) is 13.2 Å². The minimum absolute atomic E-state index is 0.0633. The number of unbranched alkanes of at least 4 members (excludes halogenated alkanes) is 36. The van der Waals surface area contributed by atoms with Crippen LogP contribution in [0, 0.1) is 17.8 Å². The lowest BCUT2D eigenvalue weighted by atomic mass is 9.99. The predicted molar refractivity (Wildman–Crippen MR) is 293 cm³/mol. The zero-order chi connectivity index (χ0) is 49.8. The van der Waals surface area contributed by atoms with Crippen LogP contribution in [0.1, 0.15) is 343 Å². The standard InChI is InChI=1S/C62H120O6/c1-7-57(5)49-43-37-31-25-19-15-13-11-9-10-12-14-16-20-27-33-39-45-51-60(63)66-54-59(68-62(65)53-47-41-35-29-23-22-26-32-38-44-50-58(6)8-2)55-67-61(64)52-46-40-34-28-21-17-18-24-30-36-42-48-56(3)4/h56-59H,7-55H2,1-6H3/t57?,58?,59-/m1/s1. The van der Waals surface area contributed by atoms with Crippen molar-refractivity contribution in [3.8, 4) is 0 Å². The van der Waals surface area contributed by atoms with E-state index in [1.165, 1.54) is 225 Å². The number of carbonyl (C=O) groups excluding carboxylic acids is 3. The summed E-state index contributed by atoms with van der Waals surface area (Å²) in [5.74, 6) is 1.76. The molecule has 6 heteroatoms. The molecule has 0 bridgehead atoms. The second kappa shape index (κ2) is 53.2. The molecular weight excluding hydrogens is 841 g/mol. The SMILES string of the molecule is CCC(C)CCCCCCCCCCCCCCCCCCCCC(=O)OC[C@H](COC(=O)CCCCCCCCCCCCCC(C)C)OC(=O)CCCCCCCCCCCCC(C)CC. The molecule has 0 aliphatic carbocycles. The molecule has 0 radical (unpaired) electrons. The summed E-state index contributed by atoms with van der Waals surface area (Å²) in [7, 11) is 0. The third-order valence-corrected chi connectivity index (χ3v) is 14.9. The van der Waals surface area contributed by atoms with Crippen molar-refractivity contribution >= 4 is 17.9 Å². The van der Waals surface area contributed by atoms with Gasteiger partial charge in [0.25, 0.3) is 0 Å². The first kappa shape index (κ1) is 66.4. The molecule has 404 valence electrons. The second-order valence-corrected chi connectivity index (χ2v) is 22.3. The Morgan fingerprint density at radius 3 is 0.765 bits per heavy atom. The third kappa shape index (κ3) is 52.2. The van der Waals surface area contributed by atoms with Crippen LogP contribution in [-0.4, -0.2) is 37.2 Å². The maximum absolute atomic E-state index is 12.9. The highest BCUT2D eigenvalue weighted by Crippen LogP contribution is 2.19. The highest BCUT2D eigenvalue weighted by Gasteiger charge is 2.19. The van der Waals surface area contributed by atoms with Crippen molar-refractivity contribution in [2.75, 3.05) is 13.2 Å². The molecule has 0 saturated heterocycles. The van der Waals surface area contributed by atoms with Crippen LogP contribution in [0.25, 0.3) is 0 Å². The Hall–Kier alpha value is -1.59. The number of carbonyl (C=O) groups is 3. The molecule has 0 saturated carbocycles. The third-order valence-electron chi connectivity index (χ3n) is 14.9. The van der Waals surface area contributed by atoms with E-state index in [1.54, 1.807) is 0 Å². The van der Waals surface area contributed by atoms with E-state index in [0.29, 0.717) is 19.3 Å². The van der Waals surface area contributed by atoms with Crippen LogP contribution in [0.3, 0.4) is 0 Å². The molecule has 0 aliphatic rings. The van der Waals surface area contributed by atoms with E-state index in [0.717, 1.165) is 75.5 Å². The lowest BCUT2D eigenvalue weighted by molar-refractivity contribution is -0.167. The molecule has 0 rings (SSSR count). The summed E-state index contributed by atoms with van der Waals surface area (Å²) in [5, 5.41) is 0. The quantitative estimate of drug-likeness (QED) is 0.0343. The Balaban J connectivity index is 4.25. The fourth-order valence-electron chi connectivity index (χ4n) is 9.47. The van der Waals surface area contributed by atoms with Crippen LogP contribution in [0.15, 0.2) is 0 Å². The van der Waals surface area contributed by atoms with Crippen LogP contribution < -0.4 is 0 Å². The van der Waals surface area contributed by atoms with Crippen LogP contribution in [0.4, 0.5) is 0 Å². The van der Waals surface area contributed by atoms with Gasteiger partial charge in [-0.1, -0.05) is 305 Å². The predicted octanol–water partition coefficient (Wildman–Crippen LogP) is 20.3. The van der Waals surface area contributed by atoms with Gasteiger partial charge < -0.3 is 14.2 Å². The van der Waals surface area contributed by atoms with Crippen molar-refractivity contribution < 1.29 is 28.6 Å². The fourth-order valence-corrected chi connectivity index (χ4v) is 9.47. The van der Waals surface area contributed by atoms with Crippen molar-refractivity contribution in [2.24, 2.45) is 17.8 Å². The average molecular weight is 962 g/mol. The van der Waals surface area contributed by atoms with Gasteiger partial charge in [-0.3, -0.25) is 14.4 Å². The molecule has 68 heavy (non-hydrogen) atoms. The van der Waals surface area contributed by atoms with E-state index in [1.807, 2.05) is 0 Å². The number of hydrogen-bond donors (Lipinski definition) is 0. The molecule has 0 aromatic rings. The van der Waals surface area contributed by atoms with Gasteiger partial charge in [0, 0.05) is 19.3 Å². The monoisotopic (exact) mass is 961 g/mol. The van der Waals surface area contributed by atoms with E-state index in [9.17, 15) is 14.4 Å². The molecule has 0 N–H and O–H groups in total. The number of ether oxygens (including phenoxy) is 3. The zero-order valence-electron chi connectivity index (χ0n) is 46.9. The molecule has 2 unspecified atom stereocenters. The molecule has 0 aliphatic heterocycles. The molecule has 0 aromatic heterocycles. The largest absolute Gasteiger partial charge is 0.462 e. The van der Waals surface area contributed by atoms with Gasteiger partial charge in [0.15, 0.2) is 6.10 Å². The van der Waals surface area contributed by atoms with Crippen molar-refractivity contribution in [1.29, 1.82) is 0 Å². The summed E-state index contributed by atoms with van der Waals surface area (Å²) in [6.45, 7) is 13.8. The van der Waals surface area contributed by atoms with E-state index in [-0.39, 0.29) is 31.1 Å². The van der Waals surface area contributed by atoms with Crippen LogP contribution in [-0.2, 0) is 28.6 Å². The van der Waals surface area contributed by atoms with Gasteiger partial charge in [-0.25, -0.2) is 0 Å².